The van der Waals surface area contributed by atoms with E-state index in [4.69, 9.17) is 4.74 Å². The Labute approximate surface area is 142 Å². The number of ether oxygens (including phenoxy) is 1. The van der Waals surface area contributed by atoms with Gasteiger partial charge in [-0.2, -0.15) is 8.75 Å². The predicted octanol–water partition coefficient (Wildman–Crippen LogP) is 3.41. The molecule has 0 spiro atoms. The Hall–Kier alpha value is -1.66. The largest absolute Gasteiger partial charge is 0.494 e. The van der Waals surface area contributed by atoms with Gasteiger partial charge in [-0.25, -0.2) is 0 Å². The number of anilines is 1. The number of hydrogen-bond donors (Lipinski definition) is 1. The van der Waals surface area contributed by atoms with E-state index in [1.165, 1.54) is 49.6 Å². The lowest BCUT2D eigenvalue weighted by Gasteiger charge is -2.26. The third-order valence-electron chi connectivity index (χ3n) is 4.01. The number of rotatable bonds is 8. The first kappa shape index (κ1) is 16.2. The highest BCUT2D eigenvalue weighted by atomic mass is 32.1. The highest BCUT2D eigenvalue weighted by Crippen LogP contribution is 2.17. The second-order valence-corrected chi connectivity index (χ2v) is 6.46. The van der Waals surface area contributed by atoms with Crippen LogP contribution in [0.25, 0.3) is 0 Å². The van der Waals surface area contributed by atoms with Gasteiger partial charge in [0.05, 0.1) is 24.5 Å². The van der Waals surface area contributed by atoms with Crippen LogP contribution in [0.3, 0.4) is 0 Å². The molecule has 1 aromatic carbocycles. The van der Waals surface area contributed by atoms with Crippen molar-refractivity contribution < 1.29 is 4.74 Å². The molecule has 0 unspecified atom stereocenters. The Kier molecular flexibility index (Phi) is 6.23. The Morgan fingerprint density at radius 2 is 2.13 bits per heavy atom. The van der Waals surface area contributed by atoms with Gasteiger partial charge < -0.3 is 10.1 Å². The number of nitrogens with one attached hydrogen (secondary N) is 1. The first-order valence-electron chi connectivity index (χ1n) is 8.36. The average molecular weight is 332 g/mol. The molecule has 1 N–H and O–H groups in total. The van der Waals surface area contributed by atoms with E-state index in [1.807, 2.05) is 6.07 Å². The molecule has 0 radical (unpaired) electrons. The summed E-state index contributed by atoms with van der Waals surface area (Å²) in [6.07, 6.45) is 6.73. The summed E-state index contributed by atoms with van der Waals surface area (Å²) in [5, 5.41) is 3.23. The van der Waals surface area contributed by atoms with Crippen LogP contribution >= 0.6 is 11.7 Å². The van der Waals surface area contributed by atoms with Crippen LogP contribution in [0.4, 0.5) is 5.82 Å². The number of piperidine rings is 1. The summed E-state index contributed by atoms with van der Waals surface area (Å²) in [5.74, 6) is 1.81. The molecule has 23 heavy (non-hydrogen) atoms. The van der Waals surface area contributed by atoms with Gasteiger partial charge in [-0.05, 0) is 50.0 Å². The summed E-state index contributed by atoms with van der Waals surface area (Å²) in [6, 6.07) is 8.50. The van der Waals surface area contributed by atoms with Crippen molar-refractivity contribution in [3.63, 3.8) is 0 Å². The molecule has 1 aliphatic heterocycles. The molecule has 0 aliphatic carbocycles. The van der Waals surface area contributed by atoms with Crippen LogP contribution in [0, 0.1) is 0 Å². The lowest BCUT2D eigenvalue weighted by Crippen LogP contribution is -2.29. The zero-order valence-electron chi connectivity index (χ0n) is 13.4. The smallest absolute Gasteiger partial charge is 0.160 e. The summed E-state index contributed by atoms with van der Waals surface area (Å²) in [5.41, 5.74) is 1.34. The molecule has 0 atom stereocenters. The minimum atomic E-state index is 0.706. The van der Waals surface area contributed by atoms with Gasteiger partial charge in [-0.15, -0.1) is 0 Å². The predicted molar refractivity (Wildman–Crippen MR) is 94.1 cm³/mol. The zero-order chi connectivity index (χ0) is 15.7. The van der Waals surface area contributed by atoms with E-state index in [-0.39, 0.29) is 0 Å². The van der Waals surface area contributed by atoms with Crippen molar-refractivity contribution in [2.45, 2.75) is 32.2 Å². The van der Waals surface area contributed by atoms with E-state index in [0.717, 1.165) is 31.1 Å². The fourth-order valence-electron chi connectivity index (χ4n) is 2.83. The van der Waals surface area contributed by atoms with Gasteiger partial charge in [0.15, 0.2) is 5.82 Å². The van der Waals surface area contributed by atoms with Gasteiger partial charge >= 0.3 is 0 Å². The van der Waals surface area contributed by atoms with Gasteiger partial charge in [0.1, 0.15) is 5.75 Å². The minimum Gasteiger partial charge on any atom is -0.494 e. The van der Waals surface area contributed by atoms with Gasteiger partial charge in [-0.3, -0.25) is 4.90 Å². The van der Waals surface area contributed by atoms with Gasteiger partial charge in [0.2, 0.25) is 0 Å². The molecule has 2 aromatic rings. The molecule has 5 nitrogen and oxygen atoms in total. The summed E-state index contributed by atoms with van der Waals surface area (Å²) in [7, 11) is 0. The third kappa shape index (κ3) is 5.48. The molecule has 6 heteroatoms. The van der Waals surface area contributed by atoms with Crippen LogP contribution < -0.4 is 10.1 Å². The van der Waals surface area contributed by atoms with Crippen LogP contribution in [0.2, 0.25) is 0 Å². The van der Waals surface area contributed by atoms with Gasteiger partial charge in [0, 0.05) is 13.1 Å². The summed E-state index contributed by atoms with van der Waals surface area (Å²) >= 11 is 1.22. The summed E-state index contributed by atoms with van der Waals surface area (Å²) in [6.45, 7) is 5.04. The van der Waals surface area contributed by atoms with E-state index in [1.54, 1.807) is 6.20 Å². The Morgan fingerprint density at radius 1 is 1.22 bits per heavy atom. The number of benzene rings is 1. The van der Waals surface area contributed by atoms with Crippen LogP contribution in [0.15, 0.2) is 30.5 Å². The van der Waals surface area contributed by atoms with E-state index in [9.17, 15) is 0 Å². The molecule has 1 fully saturated rings. The quantitative estimate of drug-likeness (QED) is 0.751. The van der Waals surface area contributed by atoms with E-state index in [2.05, 4.69) is 37.2 Å². The fourth-order valence-corrected chi connectivity index (χ4v) is 3.22. The van der Waals surface area contributed by atoms with Crippen molar-refractivity contribution in [2.75, 3.05) is 31.6 Å². The lowest BCUT2D eigenvalue weighted by atomic mass is 10.1. The monoisotopic (exact) mass is 332 g/mol. The Balaban J connectivity index is 1.38. The number of hydrogen-bond acceptors (Lipinski definition) is 6. The van der Waals surface area contributed by atoms with Crippen LogP contribution in [-0.4, -0.2) is 39.9 Å². The molecule has 1 aliphatic rings. The maximum Gasteiger partial charge on any atom is 0.160 e. The first-order chi connectivity index (χ1) is 11.4. The number of aromatic nitrogens is 2. The molecular formula is C17H24N4OS. The molecule has 0 amide bonds. The molecule has 1 saturated heterocycles. The maximum atomic E-state index is 5.86. The molecule has 0 saturated carbocycles. The number of nitrogens with zero attached hydrogens (tertiary/aromatic N) is 3. The van der Waals surface area contributed by atoms with E-state index < -0.39 is 0 Å². The van der Waals surface area contributed by atoms with E-state index >= 15 is 0 Å². The van der Waals surface area contributed by atoms with Gasteiger partial charge in [0.25, 0.3) is 0 Å². The normalized spacial score (nSPS) is 15.5. The Bertz CT molecular complexity index is 570. The van der Waals surface area contributed by atoms with Crippen molar-refractivity contribution in [3.8, 4) is 5.75 Å². The molecular weight excluding hydrogens is 308 g/mol. The summed E-state index contributed by atoms with van der Waals surface area (Å²) in [4.78, 5) is 2.54. The third-order valence-corrected chi connectivity index (χ3v) is 4.49. The Morgan fingerprint density at radius 3 is 2.96 bits per heavy atom. The highest BCUT2D eigenvalue weighted by molar-refractivity contribution is 6.99. The second-order valence-electron chi connectivity index (χ2n) is 5.91. The van der Waals surface area contributed by atoms with Gasteiger partial charge in [-0.1, -0.05) is 18.6 Å². The highest BCUT2D eigenvalue weighted by Gasteiger charge is 2.10. The topological polar surface area (TPSA) is 50.3 Å². The van der Waals surface area contributed by atoms with E-state index in [0.29, 0.717) is 6.61 Å². The molecule has 124 valence electrons. The van der Waals surface area contributed by atoms with Crippen LogP contribution in [0.5, 0.6) is 5.75 Å². The second kappa shape index (κ2) is 8.84. The number of likely N-dealkylation sites (tertiary alicyclic amines) is 1. The zero-order valence-corrected chi connectivity index (χ0v) is 14.2. The van der Waals surface area contributed by atoms with Crippen LogP contribution in [-0.2, 0) is 6.54 Å². The maximum absolute atomic E-state index is 5.86. The fraction of sp³-hybridized carbons (Fsp3) is 0.529. The minimum absolute atomic E-state index is 0.706. The van der Waals surface area contributed by atoms with Crippen molar-refractivity contribution in [1.29, 1.82) is 0 Å². The average Bonchev–Trinajstić information content (AvgIpc) is 3.09. The standard InChI is InChI=1S/C17H24N4OS/c1-2-9-21(10-3-1)14-15-6-4-7-16(12-15)22-11-5-8-18-17-13-19-23-20-17/h4,6-7,12-13H,1-3,5,8-11,14H2,(H,18,20). The molecule has 2 heterocycles. The molecule has 0 bridgehead atoms. The lowest BCUT2D eigenvalue weighted by molar-refractivity contribution is 0.220. The summed E-state index contributed by atoms with van der Waals surface area (Å²) < 4.78 is 13.9. The van der Waals surface area contributed by atoms with Crippen molar-refractivity contribution in [2.24, 2.45) is 0 Å². The molecule has 1 aromatic heterocycles. The SMILES string of the molecule is c1cc(CN2CCCCC2)cc(OCCCNc2cnsn2)c1. The molecule has 3 rings (SSSR count). The first-order valence-corrected chi connectivity index (χ1v) is 9.09. The van der Waals surface area contributed by atoms with Crippen molar-refractivity contribution in [1.82, 2.24) is 13.6 Å². The van der Waals surface area contributed by atoms with Crippen molar-refractivity contribution in [3.05, 3.63) is 36.0 Å². The van der Waals surface area contributed by atoms with Crippen molar-refractivity contribution >= 4 is 17.5 Å². The van der Waals surface area contributed by atoms with Crippen LogP contribution in [0.1, 0.15) is 31.2 Å².